The Kier molecular flexibility index (Phi) is 6.06. The Labute approximate surface area is 139 Å². The normalized spacial score (nSPS) is 11.8. The van der Waals surface area contributed by atoms with Gasteiger partial charge in [0.1, 0.15) is 0 Å². The third-order valence-electron chi connectivity index (χ3n) is 3.46. The quantitative estimate of drug-likeness (QED) is 0.834. The number of ether oxygens (including phenoxy) is 1. The van der Waals surface area contributed by atoms with Crippen LogP contribution in [0.2, 0.25) is 0 Å². The van der Waals surface area contributed by atoms with Gasteiger partial charge in [0.05, 0.1) is 6.33 Å². The smallest absolute Gasteiger partial charge is 0.260 e. The van der Waals surface area contributed by atoms with Crippen molar-refractivity contribution in [3.05, 3.63) is 58.5 Å². The van der Waals surface area contributed by atoms with E-state index in [9.17, 15) is 14.0 Å². The van der Waals surface area contributed by atoms with Crippen LogP contribution in [0.3, 0.4) is 0 Å². The molecule has 24 heavy (non-hydrogen) atoms. The number of aromatic nitrogens is 2. The van der Waals surface area contributed by atoms with Gasteiger partial charge in [0, 0.05) is 24.8 Å². The molecule has 1 aromatic carbocycles. The van der Waals surface area contributed by atoms with E-state index < -0.39 is 11.9 Å². The number of hydrogen-bond donors (Lipinski definition) is 1. The molecule has 0 saturated heterocycles. The Morgan fingerprint density at radius 1 is 1.42 bits per heavy atom. The van der Waals surface area contributed by atoms with E-state index in [0.29, 0.717) is 13.0 Å². The Morgan fingerprint density at radius 3 is 2.83 bits per heavy atom. The van der Waals surface area contributed by atoms with Crippen LogP contribution in [0.25, 0.3) is 0 Å². The van der Waals surface area contributed by atoms with Gasteiger partial charge in [-0.05, 0) is 25.5 Å². The molecule has 1 unspecified atom stereocenters. The van der Waals surface area contributed by atoms with Crippen molar-refractivity contribution in [3.8, 4) is 5.75 Å². The van der Waals surface area contributed by atoms with Crippen LogP contribution in [0.15, 0.2) is 41.5 Å². The maximum Gasteiger partial charge on any atom is 0.260 e. The van der Waals surface area contributed by atoms with Crippen molar-refractivity contribution in [1.29, 1.82) is 0 Å². The molecule has 1 atom stereocenters. The van der Waals surface area contributed by atoms with Crippen LogP contribution in [0.1, 0.15) is 19.5 Å². The van der Waals surface area contributed by atoms with Gasteiger partial charge in [-0.2, -0.15) is 0 Å². The number of para-hydroxylation sites is 1. The second-order valence-electron chi connectivity index (χ2n) is 5.25. The van der Waals surface area contributed by atoms with E-state index in [0.717, 1.165) is 5.69 Å². The third-order valence-corrected chi connectivity index (χ3v) is 3.46. The molecule has 0 aliphatic carbocycles. The van der Waals surface area contributed by atoms with Crippen LogP contribution < -0.4 is 15.6 Å². The second kappa shape index (κ2) is 8.24. The lowest BCUT2D eigenvalue weighted by Gasteiger charge is -2.15. The Balaban J connectivity index is 1.84. The monoisotopic (exact) mass is 333 g/mol. The summed E-state index contributed by atoms with van der Waals surface area (Å²) in [6.45, 7) is 4.00. The topological polar surface area (TPSA) is 73.2 Å². The summed E-state index contributed by atoms with van der Waals surface area (Å²) in [6, 6.07) is 7.37. The van der Waals surface area contributed by atoms with E-state index in [1.165, 1.54) is 36.0 Å². The molecule has 6 nitrogen and oxygen atoms in total. The molecule has 0 fully saturated rings. The van der Waals surface area contributed by atoms with Crippen molar-refractivity contribution in [2.75, 3.05) is 6.54 Å². The Hall–Kier alpha value is -2.70. The minimum absolute atomic E-state index is 0.0238. The van der Waals surface area contributed by atoms with Gasteiger partial charge in [-0.15, -0.1) is 0 Å². The average molecular weight is 333 g/mol. The third kappa shape index (κ3) is 4.65. The first kappa shape index (κ1) is 17.7. The molecule has 0 radical (unpaired) electrons. The van der Waals surface area contributed by atoms with Crippen LogP contribution in [0.4, 0.5) is 4.39 Å². The fourth-order valence-electron chi connectivity index (χ4n) is 2.05. The fraction of sp³-hybridized carbons (Fsp3) is 0.353. The van der Waals surface area contributed by atoms with Crippen molar-refractivity contribution in [1.82, 2.24) is 14.9 Å². The second-order valence-corrected chi connectivity index (χ2v) is 5.25. The maximum absolute atomic E-state index is 13.5. The van der Waals surface area contributed by atoms with Gasteiger partial charge in [-0.3, -0.25) is 14.2 Å². The van der Waals surface area contributed by atoms with Gasteiger partial charge >= 0.3 is 0 Å². The molecular weight excluding hydrogens is 313 g/mol. The summed E-state index contributed by atoms with van der Waals surface area (Å²) in [6.07, 6.45) is 1.31. The summed E-state index contributed by atoms with van der Waals surface area (Å²) in [4.78, 5) is 27.9. The van der Waals surface area contributed by atoms with Crippen LogP contribution in [-0.2, 0) is 17.8 Å². The number of hydrogen-bond acceptors (Lipinski definition) is 4. The fourth-order valence-corrected chi connectivity index (χ4v) is 2.05. The molecule has 128 valence electrons. The lowest BCUT2D eigenvalue weighted by atomic mass is 10.3. The predicted molar refractivity (Wildman–Crippen MR) is 87.4 cm³/mol. The van der Waals surface area contributed by atoms with E-state index >= 15 is 0 Å². The van der Waals surface area contributed by atoms with E-state index in [1.54, 1.807) is 12.1 Å². The Bertz CT molecular complexity index is 761. The Morgan fingerprint density at radius 2 is 2.17 bits per heavy atom. The van der Waals surface area contributed by atoms with Gasteiger partial charge in [0.2, 0.25) is 0 Å². The molecule has 7 heteroatoms. The molecule has 2 aromatic rings. The average Bonchev–Trinajstić information content (AvgIpc) is 2.58. The van der Waals surface area contributed by atoms with E-state index in [4.69, 9.17) is 4.74 Å². The number of carbonyl (C=O) groups is 1. The van der Waals surface area contributed by atoms with E-state index in [1.807, 2.05) is 6.92 Å². The number of aryl methyl sites for hydroxylation is 1. The van der Waals surface area contributed by atoms with Crippen LogP contribution in [-0.4, -0.2) is 28.1 Å². The highest BCUT2D eigenvalue weighted by molar-refractivity contribution is 5.80. The van der Waals surface area contributed by atoms with Gasteiger partial charge in [-0.25, -0.2) is 9.37 Å². The van der Waals surface area contributed by atoms with Crippen molar-refractivity contribution >= 4 is 5.91 Å². The van der Waals surface area contributed by atoms with Gasteiger partial charge in [0.15, 0.2) is 17.7 Å². The number of nitrogens with zero attached hydrogens (tertiary/aromatic N) is 2. The molecule has 1 N–H and O–H groups in total. The highest BCUT2D eigenvalue weighted by atomic mass is 19.1. The summed E-state index contributed by atoms with van der Waals surface area (Å²) in [7, 11) is 0. The van der Waals surface area contributed by atoms with Crippen molar-refractivity contribution in [2.45, 2.75) is 32.9 Å². The molecule has 2 rings (SSSR count). The molecular formula is C17H20FN3O3. The molecule has 0 bridgehead atoms. The molecule has 0 aliphatic heterocycles. The predicted octanol–water partition coefficient (Wildman–Crippen LogP) is 1.53. The first-order valence-corrected chi connectivity index (χ1v) is 7.75. The number of rotatable bonds is 7. The highest BCUT2D eigenvalue weighted by Gasteiger charge is 2.15. The first-order chi connectivity index (χ1) is 11.5. The van der Waals surface area contributed by atoms with Gasteiger partial charge in [-0.1, -0.05) is 19.1 Å². The minimum Gasteiger partial charge on any atom is -0.478 e. The van der Waals surface area contributed by atoms with Gasteiger partial charge < -0.3 is 10.1 Å². The first-order valence-electron chi connectivity index (χ1n) is 7.75. The molecule has 1 heterocycles. The largest absolute Gasteiger partial charge is 0.478 e. The number of amides is 1. The standard InChI is InChI=1S/C17H20FN3O3/c1-3-13-10-16(22)21(11-20-13)9-8-19-17(23)12(2)24-15-7-5-4-6-14(15)18/h4-7,10-12H,3,8-9H2,1-2H3,(H,19,23). The van der Waals surface area contributed by atoms with Crippen molar-refractivity contribution in [2.24, 2.45) is 0 Å². The van der Waals surface area contributed by atoms with Crippen molar-refractivity contribution in [3.63, 3.8) is 0 Å². The molecule has 0 spiro atoms. The van der Waals surface area contributed by atoms with Crippen LogP contribution in [0, 0.1) is 5.82 Å². The summed E-state index contributed by atoms with van der Waals surface area (Å²) in [5.41, 5.74) is 0.568. The number of nitrogens with one attached hydrogen (secondary N) is 1. The minimum atomic E-state index is -0.848. The summed E-state index contributed by atoms with van der Waals surface area (Å²) < 4.78 is 20.2. The number of carbonyl (C=O) groups excluding carboxylic acids is 1. The maximum atomic E-state index is 13.5. The summed E-state index contributed by atoms with van der Waals surface area (Å²) in [5, 5.41) is 2.65. The molecule has 0 aliphatic rings. The van der Waals surface area contributed by atoms with Crippen LogP contribution in [0.5, 0.6) is 5.75 Å². The molecule has 0 saturated carbocycles. The lowest BCUT2D eigenvalue weighted by Crippen LogP contribution is -2.39. The lowest BCUT2D eigenvalue weighted by molar-refractivity contribution is -0.127. The van der Waals surface area contributed by atoms with Crippen molar-refractivity contribution < 1.29 is 13.9 Å². The van der Waals surface area contributed by atoms with E-state index in [2.05, 4.69) is 10.3 Å². The number of halogens is 1. The zero-order valence-electron chi connectivity index (χ0n) is 13.7. The summed E-state index contributed by atoms with van der Waals surface area (Å²) in [5.74, 6) is -0.883. The zero-order chi connectivity index (χ0) is 17.5. The molecule has 1 aromatic heterocycles. The zero-order valence-corrected chi connectivity index (χ0v) is 13.7. The van der Waals surface area contributed by atoms with Crippen LogP contribution >= 0.6 is 0 Å². The highest BCUT2D eigenvalue weighted by Crippen LogP contribution is 2.16. The summed E-state index contributed by atoms with van der Waals surface area (Å²) >= 11 is 0. The van der Waals surface area contributed by atoms with Gasteiger partial charge in [0.25, 0.3) is 11.5 Å². The SMILES string of the molecule is CCc1cc(=O)n(CCNC(=O)C(C)Oc2ccccc2F)cn1. The molecule has 1 amide bonds. The number of benzene rings is 1. The van der Waals surface area contributed by atoms with E-state index in [-0.39, 0.29) is 23.8 Å².